The van der Waals surface area contributed by atoms with Crippen LogP contribution in [0.25, 0.3) is 92.8 Å². The predicted octanol–water partition coefficient (Wildman–Crippen LogP) is 12.7. The van der Waals surface area contributed by atoms with Gasteiger partial charge in [-0.15, -0.1) is 0 Å². The Hall–Kier alpha value is -6.18. The van der Waals surface area contributed by atoms with E-state index in [9.17, 15) is 0 Å². The van der Waals surface area contributed by atoms with Gasteiger partial charge in [-0.3, -0.25) is 0 Å². The van der Waals surface area contributed by atoms with Crippen LogP contribution in [0.15, 0.2) is 176 Å². The molecule has 10 rings (SSSR count). The van der Waals surface area contributed by atoms with Crippen LogP contribution in [0.1, 0.15) is 0 Å². The quantitative estimate of drug-likeness (QED) is 0.179. The zero-order chi connectivity index (χ0) is 30.9. The maximum atomic E-state index is 2.49. The van der Waals surface area contributed by atoms with E-state index in [-0.39, 0.29) is 0 Å². The third kappa shape index (κ3) is 3.84. The Balaban J connectivity index is 1.26. The Labute approximate surface area is 272 Å². The van der Waals surface area contributed by atoms with Crippen molar-refractivity contribution in [3.05, 3.63) is 176 Å². The SMILES string of the molecule is c1ccc(-c2c3ccccc3c(-c3ccc(-n4c5c6ccccc6ccc5c5ccc6ccccc6c54)cc3)c3ccccc23)cc1. The zero-order valence-corrected chi connectivity index (χ0v) is 25.7. The fraction of sp³-hybridized carbons (Fsp3) is 0. The lowest BCUT2D eigenvalue weighted by Gasteiger charge is -2.18. The van der Waals surface area contributed by atoms with E-state index in [1.807, 2.05) is 0 Å². The predicted molar refractivity (Wildman–Crippen MR) is 202 cm³/mol. The van der Waals surface area contributed by atoms with Gasteiger partial charge in [0.1, 0.15) is 0 Å². The minimum absolute atomic E-state index is 1.16. The van der Waals surface area contributed by atoms with Gasteiger partial charge in [0.05, 0.1) is 11.0 Å². The summed E-state index contributed by atoms with van der Waals surface area (Å²) in [4.78, 5) is 0. The number of hydrogen-bond donors (Lipinski definition) is 0. The highest BCUT2D eigenvalue weighted by molar-refractivity contribution is 6.24. The van der Waals surface area contributed by atoms with Crippen LogP contribution in [0.3, 0.4) is 0 Å². The summed E-state index contributed by atoms with van der Waals surface area (Å²) >= 11 is 0. The largest absolute Gasteiger partial charge is 0.308 e. The van der Waals surface area contributed by atoms with Crippen molar-refractivity contribution in [3.63, 3.8) is 0 Å². The third-order valence-electron chi connectivity index (χ3n) is 9.95. The molecule has 1 heteroatoms. The Bertz CT molecular complexity index is 2670. The summed E-state index contributed by atoms with van der Waals surface area (Å²) in [5, 5.41) is 12.7. The molecule has 218 valence electrons. The van der Waals surface area contributed by atoms with Crippen LogP contribution in [0.4, 0.5) is 0 Å². The lowest BCUT2D eigenvalue weighted by Crippen LogP contribution is -1.96. The normalized spacial score (nSPS) is 11.8. The highest BCUT2D eigenvalue weighted by Crippen LogP contribution is 2.44. The number of aromatic nitrogens is 1. The van der Waals surface area contributed by atoms with Gasteiger partial charge in [0.2, 0.25) is 0 Å². The molecule has 0 amide bonds. The Morgan fingerprint density at radius 3 is 1.11 bits per heavy atom. The topological polar surface area (TPSA) is 4.93 Å². The number of hydrogen-bond acceptors (Lipinski definition) is 0. The minimum atomic E-state index is 1.16. The van der Waals surface area contributed by atoms with Crippen LogP contribution in [-0.4, -0.2) is 4.57 Å². The van der Waals surface area contributed by atoms with Crippen LogP contribution >= 0.6 is 0 Å². The van der Waals surface area contributed by atoms with Crippen molar-refractivity contribution in [2.24, 2.45) is 0 Å². The van der Waals surface area contributed by atoms with Crippen LogP contribution in [0, 0.1) is 0 Å². The van der Waals surface area contributed by atoms with Crippen molar-refractivity contribution >= 4 is 64.9 Å². The summed E-state index contributed by atoms with van der Waals surface area (Å²) in [6.45, 7) is 0. The van der Waals surface area contributed by atoms with Crippen molar-refractivity contribution in [2.75, 3.05) is 0 Å². The van der Waals surface area contributed by atoms with Gasteiger partial charge in [-0.05, 0) is 66.7 Å². The first-order valence-electron chi connectivity index (χ1n) is 16.3. The first-order chi connectivity index (χ1) is 23.3. The second kappa shape index (κ2) is 10.2. The highest BCUT2D eigenvalue weighted by Gasteiger charge is 2.19. The molecule has 10 aromatic rings. The van der Waals surface area contributed by atoms with Crippen LogP contribution in [-0.2, 0) is 0 Å². The summed E-state index contributed by atoms with van der Waals surface area (Å²) in [7, 11) is 0. The van der Waals surface area contributed by atoms with Gasteiger partial charge in [-0.1, -0.05) is 164 Å². The summed E-state index contributed by atoms with van der Waals surface area (Å²) in [6.07, 6.45) is 0. The van der Waals surface area contributed by atoms with Crippen LogP contribution in [0.5, 0.6) is 0 Å². The minimum Gasteiger partial charge on any atom is -0.308 e. The first-order valence-corrected chi connectivity index (χ1v) is 16.3. The van der Waals surface area contributed by atoms with E-state index in [1.54, 1.807) is 0 Å². The number of rotatable bonds is 3. The first kappa shape index (κ1) is 26.1. The fourth-order valence-corrected chi connectivity index (χ4v) is 7.93. The average Bonchev–Trinajstić information content (AvgIpc) is 3.50. The van der Waals surface area contributed by atoms with E-state index < -0.39 is 0 Å². The molecule has 0 unspecified atom stereocenters. The molecule has 1 aromatic heterocycles. The van der Waals surface area contributed by atoms with Crippen LogP contribution in [0.2, 0.25) is 0 Å². The molecule has 0 spiro atoms. The van der Waals surface area contributed by atoms with Gasteiger partial charge < -0.3 is 4.57 Å². The van der Waals surface area contributed by atoms with E-state index in [0.717, 1.165) is 5.69 Å². The summed E-state index contributed by atoms with van der Waals surface area (Å²) in [6, 6.07) is 64.4. The molecule has 1 heterocycles. The van der Waals surface area contributed by atoms with Crippen molar-refractivity contribution < 1.29 is 0 Å². The number of benzene rings is 9. The molecule has 0 atom stereocenters. The molecule has 1 nitrogen and oxygen atoms in total. The molecule has 0 aliphatic rings. The van der Waals surface area contributed by atoms with E-state index in [0.29, 0.717) is 0 Å². The van der Waals surface area contributed by atoms with Crippen LogP contribution < -0.4 is 0 Å². The molecule has 0 aliphatic heterocycles. The van der Waals surface area contributed by atoms with Gasteiger partial charge in [-0.25, -0.2) is 0 Å². The molecule has 0 radical (unpaired) electrons. The second-order valence-corrected chi connectivity index (χ2v) is 12.5. The highest BCUT2D eigenvalue weighted by atomic mass is 15.0. The monoisotopic (exact) mass is 595 g/mol. The molecule has 9 aromatic carbocycles. The fourth-order valence-electron chi connectivity index (χ4n) is 7.93. The standard InChI is InChI=1S/C46H29N/c1-2-14-32(15-3-1)43-37-18-8-10-20-39(37)44(40-21-11-9-19-38(40)43)33-22-26-34(27-23-33)47-45-35-16-6-4-12-30(35)24-28-41(45)42-29-25-31-13-5-7-17-36(31)46(42)47/h1-29H. The summed E-state index contributed by atoms with van der Waals surface area (Å²) in [5.41, 5.74) is 8.71. The van der Waals surface area contributed by atoms with Crippen molar-refractivity contribution in [2.45, 2.75) is 0 Å². The lowest BCUT2D eigenvalue weighted by molar-refractivity contribution is 1.19. The Morgan fingerprint density at radius 1 is 0.255 bits per heavy atom. The average molecular weight is 596 g/mol. The molecule has 0 saturated heterocycles. The zero-order valence-electron chi connectivity index (χ0n) is 25.7. The second-order valence-electron chi connectivity index (χ2n) is 12.5. The molecular weight excluding hydrogens is 567 g/mol. The third-order valence-corrected chi connectivity index (χ3v) is 9.95. The van der Waals surface area contributed by atoms with Gasteiger partial charge in [0.25, 0.3) is 0 Å². The molecule has 0 N–H and O–H groups in total. The maximum absolute atomic E-state index is 2.49. The molecule has 0 fully saturated rings. The lowest BCUT2D eigenvalue weighted by atomic mass is 9.86. The van der Waals surface area contributed by atoms with Crippen molar-refractivity contribution in [3.8, 4) is 27.9 Å². The number of fused-ring (bicyclic) bond motifs is 9. The van der Waals surface area contributed by atoms with Gasteiger partial charge >= 0.3 is 0 Å². The Kier molecular flexibility index (Phi) is 5.64. The summed E-state index contributed by atoms with van der Waals surface area (Å²) in [5.74, 6) is 0. The van der Waals surface area contributed by atoms with Gasteiger partial charge in [0.15, 0.2) is 0 Å². The van der Waals surface area contributed by atoms with Crippen molar-refractivity contribution in [1.82, 2.24) is 4.57 Å². The van der Waals surface area contributed by atoms with Crippen molar-refractivity contribution in [1.29, 1.82) is 0 Å². The molecule has 0 aliphatic carbocycles. The van der Waals surface area contributed by atoms with E-state index in [1.165, 1.54) is 87.1 Å². The molecule has 0 bridgehead atoms. The Morgan fingerprint density at radius 2 is 0.638 bits per heavy atom. The van der Waals surface area contributed by atoms with E-state index in [4.69, 9.17) is 0 Å². The number of nitrogens with zero attached hydrogens (tertiary/aromatic N) is 1. The van der Waals surface area contributed by atoms with E-state index in [2.05, 4.69) is 180 Å². The molecule has 0 saturated carbocycles. The molecular formula is C46H29N. The summed E-state index contributed by atoms with van der Waals surface area (Å²) < 4.78 is 2.49. The smallest absolute Gasteiger partial charge is 0.0619 e. The molecule has 47 heavy (non-hydrogen) atoms. The van der Waals surface area contributed by atoms with Gasteiger partial charge in [0, 0.05) is 27.2 Å². The maximum Gasteiger partial charge on any atom is 0.0619 e. The van der Waals surface area contributed by atoms with Gasteiger partial charge in [-0.2, -0.15) is 0 Å². The van der Waals surface area contributed by atoms with E-state index >= 15 is 0 Å².